The summed E-state index contributed by atoms with van der Waals surface area (Å²) in [6.45, 7) is 6.00. The van der Waals surface area contributed by atoms with Crippen LogP contribution in [0.1, 0.15) is 40.0 Å². The molecule has 2 aromatic carbocycles. The van der Waals surface area contributed by atoms with Crippen LogP contribution in [-0.4, -0.2) is 19.1 Å². The van der Waals surface area contributed by atoms with Crippen LogP contribution in [0.15, 0.2) is 42.5 Å². The van der Waals surface area contributed by atoms with Gasteiger partial charge in [0, 0.05) is 5.69 Å². The molecule has 126 valence electrons. The molecule has 5 nitrogen and oxygen atoms in total. The number of amides is 2. The average molecular weight is 326 g/mol. The summed E-state index contributed by atoms with van der Waals surface area (Å²) in [4.78, 5) is 23.5. The highest BCUT2D eigenvalue weighted by atomic mass is 16.5. The second kappa shape index (κ2) is 7.64. The lowest BCUT2D eigenvalue weighted by Crippen LogP contribution is -2.31. The third kappa shape index (κ3) is 4.35. The Balaban J connectivity index is 2.00. The lowest BCUT2D eigenvalue weighted by Gasteiger charge is -2.18. The van der Waals surface area contributed by atoms with E-state index in [2.05, 4.69) is 27.5 Å². The smallest absolute Gasteiger partial charge is 0.337 e. The van der Waals surface area contributed by atoms with Crippen molar-refractivity contribution in [3.8, 4) is 0 Å². The van der Waals surface area contributed by atoms with E-state index in [9.17, 15) is 9.59 Å². The van der Waals surface area contributed by atoms with Crippen LogP contribution in [-0.2, 0) is 4.74 Å². The summed E-state index contributed by atoms with van der Waals surface area (Å²) in [6, 6.07) is 12.3. The zero-order valence-electron chi connectivity index (χ0n) is 14.3. The van der Waals surface area contributed by atoms with Gasteiger partial charge in [-0.1, -0.05) is 23.8 Å². The molecule has 0 aliphatic heterocycles. The van der Waals surface area contributed by atoms with Gasteiger partial charge in [-0.3, -0.25) is 0 Å². The van der Waals surface area contributed by atoms with Crippen molar-refractivity contribution in [1.29, 1.82) is 0 Å². The van der Waals surface area contributed by atoms with Gasteiger partial charge in [-0.2, -0.15) is 0 Å². The molecule has 0 radical (unpaired) electrons. The van der Waals surface area contributed by atoms with Gasteiger partial charge in [-0.25, -0.2) is 9.59 Å². The number of anilines is 1. The van der Waals surface area contributed by atoms with Gasteiger partial charge in [-0.05, 0) is 56.2 Å². The fourth-order valence-electron chi connectivity index (χ4n) is 2.48. The van der Waals surface area contributed by atoms with E-state index in [0.717, 1.165) is 16.7 Å². The molecule has 24 heavy (non-hydrogen) atoms. The highest BCUT2D eigenvalue weighted by molar-refractivity contribution is 5.92. The van der Waals surface area contributed by atoms with Crippen LogP contribution in [0.4, 0.5) is 10.5 Å². The predicted octanol–water partition coefficient (Wildman–Crippen LogP) is 3.97. The van der Waals surface area contributed by atoms with Crippen molar-refractivity contribution in [2.45, 2.75) is 26.8 Å². The zero-order valence-corrected chi connectivity index (χ0v) is 14.3. The minimum absolute atomic E-state index is 0.112. The number of rotatable bonds is 4. The molecule has 0 heterocycles. The van der Waals surface area contributed by atoms with Crippen LogP contribution in [0.3, 0.4) is 0 Å². The number of ether oxygens (including phenoxy) is 1. The van der Waals surface area contributed by atoms with Gasteiger partial charge in [0.05, 0.1) is 18.7 Å². The predicted molar refractivity (Wildman–Crippen MR) is 94.3 cm³/mol. The molecule has 5 heteroatoms. The Hall–Kier alpha value is -2.82. The summed E-state index contributed by atoms with van der Waals surface area (Å²) in [6.07, 6.45) is 0. The topological polar surface area (TPSA) is 67.4 Å². The SMILES string of the molecule is COC(=O)c1ccc(NC(=O)N[C@H](C)c2cc(C)ccc2C)cc1. The van der Waals surface area contributed by atoms with E-state index >= 15 is 0 Å². The quantitative estimate of drug-likeness (QED) is 0.835. The Morgan fingerprint density at radius 2 is 1.71 bits per heavy atom. The van der Waals surface area contributed by atoms with Gasteiger partial charge < -0.3 is 15.4 Å². The van der Waals surface area contributed by atoms with E-state index in [0.29, 0.717) is 11.3 Å². The molecule has 0 aromatic heterocycles. The van der Waals surface area contributed by atoms with Gasteiger partial charge in [0.2, 0.25) is 0 Å². The van der Waals surface area contributed by atoms with Crippen molar-refractivity contribution in [2.24, 2.45) is 0 Å². The summed E-state index contributed by atoms with van der Waals surface area (Å²) >= 11 is 0. The highest BCUT2D eigenvalue weighted by Crippen LogP contribution is 2.19. The fraction of sp³-hybridized carbons (Fsp3) is 0.263. The summed E-state index contributed by atoms with van der Waals surface area (Å²) in [7, 11) is 1.33. The highest BCUT2D eigenvalue weighted by Gasteiger charge is 2.12. The molecule has 1 atom stereocenters. The van der Waals surface area contributed by atoms with Gasteiger partial charge in [0.1, 0.15) is 0 Å². The van der Waals surface area contributed by atoms with Crippen LogP contribution in [0.2, 0.25) is 0 Å². The summed E-state index contributed by atoms with van der Waals surface area (Å²) < 4.78 is 4.64. The van der Waals surface area contributed by atoms with Gasteiger partial charge in [-0.15, -0.1) is 0 Å². The second-order valence-corrected chi connectivity index (χ2v) is 5.75. The number of urea groups is 1. The first-order valence-electron chi connectivity index (χ1n) is 7.73. The number of hydrogen-bond acceptors (Lipinski definition) is 3. The number of esters is 1. The summed E-state index contributed by atoms with van der Waals surface area (Å²) in [5.41, 5.74) is 4.42. The maximum Gasteiger partial charge on any atom is 0.337 e. The number of aryl methyl sites for hydroxylation is 2. The molecule has 2 aromatic rings. The Morgan fingerprint density at radius 1 is 1.04 bits per heavy atom. The lowest BCUT2D eigenvalue weighted by atomic mass is 10.0. The maximum absolute atomic E-state index is 12.2. The van der Waals surface area contributed by atoms with Crippen LogP contribution < -0.4 is 10.6 Å². The van der Waals surface area contributed by atoms with E-state index in [-0.39, 0.29) is 12.1 Å². The third-order valence-corrected chi connectivity index (χ3v) is 3.81. The Kier molecular flexibility index (Phi) is 5.58. The second-order valence-electron chi connectivity index (χ2n) is 5.75. The molecule has 0 spiro atoms. The first kappa shape index (κ1) is 17.5. The van der Waals surface area contributed by atoms with Crippen LogP contribution in [0, 0.1) is 13.8 Å². The molecular weight excluding hydrogens is 304 g/mol. The molecule has 0 aliphatic carbocycles. The molecule has 0 unspecified atom stereocenters. The van der Waals surface area contributed by atoms with E-state index in [1.54, 1.807) is 24.3 Å². The number of carbonyl (C=O) groups is 2. The lowest BCUT2D eigenvalue weighted by molar-refractivity contribution is 0.0601. The van der Waals surface area contributed by atoms with Crippen molar-refractivity contribution in [1.82, 2.24) is 5.32 Å². The minimum Gasteiger partial charge on any atom is -0.465 e. The Labute approximate surface area is 142 Å². The third-order valence-electron chi connectivity index (χ3n) is 3.81. The molecule has 2 rings (SSSR count). The van der Waals surface area contributed by atoms with Crippen molar-refractivity contribution < 1.29 is 14.3 Å². The molecule has 2 N–H and O–H groups in total. The molecule has 0 aliphatic rings. The van der Waals surface area contributed by atoms with Gasteiger partial charge >= 0.3 is 12.0 Å². The van der Waals surface area contributed by atoms with Crippen LogP contribution in [0.25, 0.3) is 0 Å². The number of carbonyl (C=O) groups excluding carboxylic acids is 2. The number of nitrogens with one attached hydrogen (secondary N) is 2. The van der Waals surface area contributed by atoms with Crippen molar-refractivity contribution in [3.63, 3.8) is 0 Å². The Bertz CT molecular complexity index is 739. The van der Waals surface area contributed by atoms with Gasteiger partial charge in [0.15, 0.2) is 0 Å². The molecule has 0 bridgehead atoms. The van der Waals surface area contributed by atoms with E-state index in [1.807, 2.05) is 26.8 Å². The number of hydrogen-bond donors (Lipinski definition) is 2. The monoisotopic (exact) mass is 326 g/mol. The van der Waals surface area contributed by atoms with Gasteiger partial charge in [0.25, 0.3) is 0 Å². The summed E-state index contributed by atoms with van der Waals surface area (Å²) in [5.74, 6) is -0.408. The first-order valence-corrected chi connectivity index (χ1v) is 7.73. The maximum atomic E-state index is 12.2. The molecule has 0 saturated heterocycles. The van der Waals surface area contributed by atoms with E-state index < -0.39 is 5.97 Å². The standard InChI is InChI=1S/C19H22N2O3/c1-12-5-6-13(2)17(11-12)14(3)20-19(23)21-16-9-7-15(8-10-16)18(22)24-4/h5-11,14H,1-4H3,(H2,20,21,23)/t14-/m1/s1. The van der Waals surface area contributed by atoms with Crippen molar-refractivity contribution >= 4 is 17.7 Å². The van der Waals surface area contributed by atoms with Crippen LogP contribution >= 0.6 is 0 Å². The molecule has 2 amide bonds. The molecule has 0 saturated carbocycles. The van der Waals surface area contributed by atoms with Crippen LogP contribution in [0.5, 0.6) is 0 Å². The Morgan fingerprint density at radius 3 is 2.33 bits per heavy atom. The first-order chi connectivity index (χ1) is 11.4. The van der Waals surface area contributed by atoms with E-state index in [1.165, 1.54) is 7.11 Å². The largest absolute Gasteiger partial charge is 0.465 e. The summed E-state index contributed by atoms with van der Waals surface area (Å²) in [5, 5.41) is 5.68. The number of methoxy groups -OCH3 is 1. The van der Waals surface area contributed by atoms with Crippen molar-refractivity contribution in [3.05, 3.63) is 64.7 Å². The normalized spacial score (nSPS) is 11.5. The minimum atomic E-state index is -0.408. The van der Waals surface area contributed by atoms with E-state index in [4.69, 9.17) is 0 Å². The molecule has 0 fully saturated rings. The van der Waals surface area contributed by atoms with Crippen molar-refractivity contribution in [2.75, 3.05) is 12.4 Å². The molecular formula is C19H22N2O3. The number of benzene rings is 2. The zero-order chi connectivity index (χ0) is 17.7. The fourth-order valence-corrected chi connectivity index (χ4v) is 2.48. The average Bonchev–Trinajstić information content (AvgIpc) is 2.56.